The molecule has 7 heteroatoms. The molecule has 2 rings (SSSR count). The van der Waals surface area contributed by atoms with Gasteiger partial charge in [0.05, 0.1) is 53.6 Å². The number of carbonyl (C=O) groups is 1. The average Bonchev–Trinajstić information content (AvgIpc) is 2.67. The third-order valence-electron chi connectivity index (χ3n) is 4.78. The summed E-state index contributed by atoms with van der Waals surface area (Å²) in [4.78, 5) is 12.8. The molecule has 1 fully saturated rings. The summed E-state index contributed by atoms with van der Waals surface area (Å²) in [6.07, 6.45) is 1.09. The molecule has 0 amide bonds. The Morgan fingerprint density at radius 1 is 1.19 bits per heavy atom. The molecule has 0 aromatic heterocycles. The van der Waals surface area contributed by atoms with Crippen LogP contribution in [0.15, 0.2) is 18.2 Å². The number of aliphatic hydroxyl groups excluding tert-OH is 1. The molecule has 0 radical (unpaired) electrons. The summed E-state index contributed by atoms with van der Waals surface area (Å²) < 4.78 is 20.9. The normalized spacial score (nSPS) is 21.1. The number of carbonyl (C=O) groups excluding carboxylic acids is 1. The van der Waals surface area contributed by atoms with Crippen molar-refractivity contribution < 1.29 is 33.7 Å². The van der Waals surface area contributed by atoms with Gasteiger partial charge in [-0.05, 0) is 17.7 Å². The summed E-state index contributed by atoms with van der Waals surface area (Å²) in [5.41, 5.74) is 0.959. The summed E-state index contributed by atoms with van der Waals surface area (Å²) in [7, 11) is 4.63. The lowest BCUT2D eigenvalue weighted by molar-refractivity contribution is -0.908. The van der Waals surface area contributed by atoms with E-state index in [0.717, 1.165) is 31.5 Å². The number of methoxy groups -OCH3 is 3. The summed E-state index contributed by atoms with van der Waals surface area (Å²) in [5.74, 6) is 1.22. The molecule has 1 aliphatic rings. The van der Waals surface area contributed by atoms with Gasteiger partial charge in [-0.3, -0.25) is 4.79 Å². The molecule has 0 unspecified atom stereocenters. The maximum absolute atomic E-state index is 11.5. The average molecular weight is 368 g/mol. The number of ether oxygens (including phenoxy) is 4. The van der Waals surface area contributed by atoms with Crippen LogP contribution < -0.4 is 14.4 Å². The monoisotopic (exact) mass is 368 g/mol. The van der Waals surface area contributed by atoms with Crippen LogP contribution in [0, 0.1) is 5.92 Å². The zero-order valence-electron chi connectivity index (χ0n) is 15.8. The van der Waals surface area contributed by atoms with Crippen molar-refractivity contribution in [2.75, 3.05) is 47.6 Å². The van der Waals surface area contributed by atoms with Gasteiger partial charge in [0.25, 0.3) is 0 Å². The lowest BCUT2D eigenvalue weighted by atomic mass is 9.97. The molecule has 1 aromatic rings. The van der Waals surface area contributed by atoms with Gasteiger partial charge in [-0.25, -0.2) is 0 Å². The minimum absolute atomic E-state index is 0.00203. The highest BCUT2D eigenvalue weighted by Gasteiger charge is 2.29. The van der Waals surface area contributed by atoms with Crippen molar-refractivity contribution in [2.45, 2.75) is 25.6 Å². The lowest BCUT2D eigenvalue weighted by Crippen LogP contribution is -3.14. The Balaban J connectivity index is 1.69. The van der Waals surface area contributed by atoms with Crippen molar-refractivity contribution in [3.63, 3.8) is 0 Å². The van der Waals surface area contributed by atoms with Crippen molar-refractivity contribution in [3.05, 3.63) is 23.8 Å². The smallest absolute Gasteiger partial charge is 0.309 e. The van der Waals surface area contributed by atoms with E-state index in [1.165, 1.54) is 12.0 Å². The highest BCUT2D eigenvalue weighted by atomic mass is 16.5. The van der Waals surface area contributed by atoms with Crippen LogP contribution in [0.3, 0.4) is 0 Å². The van der Waals surface area contributed by atoms with Crippen LogP contribution in [0.5, 0.6) is 11.5 Å². The van der Waals surface area contributed by atoms with Crippen molar-refractivity contribution in [3.8, 4) is 11.5 Å². The van der Waals surface area contributed by atoms with Crippen LogP contribution >= 0.6 is 0 Å². The van der Waals surface area contributed by atoms with Crippen LogP contribution in [-0.2, 0) is 20.9 Å². The standard InChI is InChI=1S/C19H29NO6/c1-23-17-5-4-14(10-18(17)24-2)12-26-13-16(21)11-20-8-6-15(7-9-20)19(22)25-3/h4-5,10,15-16,21H,6-9,11-13H2,1-3H3/p+1/t16-/m1/s1. The van der Waals surface area contributed by atoms with Gasteiger partial charge in [-0.2, -0.15) is 0 Å². The number of hydrogen-bond donors (Lipinski definition) is 2. The largest absolute Gasteiger partial charge is 0.493 e. The highest BCUT2D eigenvalue weighted by Crippen LogP contribution is 2.27. The number of nitrogens with one attached hydrogen (secondary N) is 1. The summed E-state index contributed by atoms with van der Waals surface area (Å²) in [6, 6.07) is 5.62. The number of quaternary nitrogens is 1. The maximum atomic E-state index is 11.5. The van der Waals surface area contributed by atoms with Gasteiger partial charge in [-0.1, -0.05) is 6.07 Å². The predicted octanol–water partition coefficient (Wildman–Crippen LogP) is 0.0492. The highest BCUT2D eigenvalue weighted by molar-refractivity contribution is 5.72. The molecular weight excluding hydrogens is 338 g/mol. The summed E-state index contributed by atoms with van der Waals surface area (Å²) in [6.45, 7) is 3.04. The predicted molar refractivity (Wildman–Crippen MR) is 95.5 cm³/mol. The minimum atomic E-state index is -0.528. The third kappa shape index (κ3) is 5.86. The number of likely N-dealkylation sites (tertiary alicyclic amines) is 1. The van der Waals surface area contributed by atoms with E-state index in [9.17, 15) is 9.90 Å². The molecular formula is C19H30NO6+. The van der Waals surface area contributed by atoms with Crippen LogP contribution in [0.1, 0.15) is 18.4 Å². The van der Waals surface area contributed by atoms with Gasteiger partial charge in [0.15, 0.2) is 11.5 Å². The number of aliphatic hydroxyl groups is 1. The van der Waals surface area contributed by atoms with Crippen LogP contribution in [0.4, 0.5) is 0 Å². The number of hydrogen-bond acceptors (Lipinski definition) is 6. The Hall–Kier alpha value is -1.83. The van der Waals surface area contributed by atoms with E-state index in [4.69, 9.17) is 18.9 Å². The Bertz CT molecular complexity index is 571. The molecule has 0 aliphatic carbocycles. The first-order valence-electron chi connectivity index (χ1n) is 8.95. The number of piperidine rings is 1. The van der Waals surface area contributed by atoms with Gasteiger partial charge in [0.2, 0.25) is 0 Å². The lowest BCUT2D eigenvalue weighted by Gasteiger charge is -2.29. The zero-order chi connectivity index (χ0) is 18.9. The van der Waals surface area contributed by atoms with E-state index in [0.29, 0.717) is 24.7 Å². The molecule has 26 heavy (non-hydrogen) atoms. The van der Waals surface area contributed by atoms with E-state index in [2.05, 4.69) is 0 Å². The van der Waals surface area contributed by atoms with Crippen LogP contribution in [0.25, 0.3) is 0 Å². The van der Waals surface area contributed by atoms with Gasteiger partial charge in [0.1, 0.15) is 12.6 Å². The van der Waals surface area contributed by atoms with Crippen LogP contribution in [0.2, 0.25) is 0 Å². The van der Waals surface area contributed by atoms with E-state index in [1.54, 1.807) is 14.2 Å². The summed E-state index contributed by atoms with van der Waals surface area (Å²) in [5, 5.41) is 10.2. The SMILES string of the molecule is COC(=O)C1CC[NH+](C[C@@H](O)COCc2ccc(OC)c(OC)c2)CC1. The second kappa shape index (κ2) is 10.4. The Labute approximate surface area is 154 Å². The molecule has 1 atom stereocenters. The minimum Gasteiger partial charge on any atom is -0.493 e. The van der Waals surface area contributed by atoms with E-state index < -0.39 is 6.10 Å². The Morgan fingerprint density at radius 3 is 2.50 bits per heavy atom. The quantitative estimate of drug-likeness (QED) is 0.600. The fourth-order valence-electron chi connectivity index (χ4n) is 3.31. The molecule has 2 N–H and O–H groups in total. The molecule has 1 aromatic carbocycles. The second-order valence-corrected chi connectivity index (χ2v) is 6.61. The maximum Gasteiger partial charge on any atom is 0.309 e. The first-order chi connectivity index (χ1) is 12.6. The summed E-state index contributed by atoms with van der Waals surface area (Å²) >= 11 is 0. The van der Waals surface area contributed by atoms with E-state index in [-0.39, 0.29) is 18.5 Å². The molecule has 146 valence electrons. The molecule has 1 heterocycles. The van der Waals surface area contributed by atoms with Crippen molar-refractivity contribution >= 4 is 5.97 Å². The van der Waals surface area contributed by atoms with Gasteiger partial charge in [0, 0.05) is 12.8 Å². The number of rotatable bonds is 9. The topological polar surface area (TPSA) is 78.7 Å². The third-order valence-corrected chi connectivity index (χ3v) is 4.78. The van der Waals surface area contributed by atoms with E-state index >= 15 is 0 Å². The van der Waals surface area contributed by atoms with Gasteiger partial charge < -0.3 is 29.0 Å². The van der Waals surface area contributed by atoms with Crippen molar-refractivity contribution in [2.24, 2.45) is 5.92 Å². The molecule has 1 aliphatic heterocycles. The first-order valence-corrected chi connectivity index (χ1v) is 8.95. The van der Waals surface area contributed by atoms with Gasteiger partial charge >= 0.3 is 5.97 Å². The molecule has 1 saturated heterocycles. The molecule has 0 spiro atoms. The Morgan fingerprint density at radius 2 is 1.88 bits per heavy atom. The van der Waals surface area contributed by atoms with Gasteiger partial charge in [-0.15, -0.1) is 0 Å². The van der Waals surface area contributed by atoms with E-state index in [1.807, 2.05) is 18.2 Å². The Kier molecular flexibility index (Phi) is 8.15. The van der Waals surface area contributed by atoms with Crippen LogP contribution in [-0.4, -0.2) is 64.8 Å². The fraction of sp³-hybridized carbons (Fsp3) is 0.632. The molecule has 0 bridgehead atoms. The molecule has 7 nitrogen and oxygen atoms in total. The second-order valence-electron chi connectivity index (χ2n) is 6.61. The van der Waals surface area contributed by atoms with Crippen molar-refractivity contribution in [1.29, 1.82) is 0 Å². The molecule has 0 saturated carbocycles. The number of esters is 1. The number of benzene rings is 1. The zero-order valence-corrected chi connectivity index (χ0v) is 15.8. The first kappa shape index (κ1) is 20.5. The van der Waals surface area contributed by atoms with Crippen molar-refractivity contribution in [1.82, 2.24) is 0 Å². The fourth-order valence-corrected chi connectivity index (χ4v) is 3.31.